The molecule has 1 saturated heterocycles. The van der Waals surface area contributed by atoms with Gasteiger partial charge in [0.05, 0.1) is 5.39 Å². The maximum Gasteiger partial charge on any atom is 0.142 e. The second kappa shape index (κ2) is 5.91. The van der Waals surface area contributed by atoms with Gasteiger partial charge in [0.1, 0.15) is 17.8 Å². The number of para-hydroxylation sites is 1. The van der Waals surface area contributed by atoms with Crippen LogP contribution in [0.2, 0.25) is 0 Å². The topological polar surface area (TPSA) is 48.1 Å². The van der Waals surface area contributed by atoms with Crippen LogP contribution in [0, 0.1) is 5.92 Å². The number of aromatic nitrogens is 3. The summed E-state index contributed by atoms with van der Waals surface area (Å²) in [4.78, 5) is 16.6. The lowest BCUT2D eigenvalue weighted by molar-refractivity contribution is 0.582. The predicted molar refractivity (Wildman–Crippen MR) is 93.9 cm³/mol. The van der Waals surface area contributed by atoms with Gasteiger partial charge in [0, 0.05) is 38.6 Å². The summed E-state index contributed by atoms with van der Waals surface area (Å²) in [5, 5.41) is 1.09. The SMILES string of the molecule is CN(C[C@H]1CCN(c2ccccc2)C1)c1ncnc2[nH]ccc12. The molecule has 4 rings (SSSR count). The molecule has 1 aromatic carbocycles. The molecule has 1 fully saturated rings. The van der Waals surface area contributed by atoms with E-state index in [-0.39, 0.29) is 0 Å². The summed E-state index contributed by atoms with van der Waals surface area (Å²) >= 11 is 0. The number of fused-ring (bicyclic) bond motifs is 1. The van der Waals surface area contributed by atoms with E-state index >= 15 is 0 Å². The van der Waals surface area contributed by atoms with Gasteiger partial charge in [0.2, 0.25) is 0 Å². The second-order valence-electron chi connectivity index (χ2n) is 6.25. The van der Waals surface area contributed by atoms with Crippen LogP contribution in [0.5, 0.6) is 0 Å². The van der Waals surface area contributed by atoms with E-state index in [0.717, 1.165) is 36.5 Å². The average molecular weight is 307 g/mol. The van der Waals surface area contributed by atoms with Gasteiger partial charge in [0.25, 0.3) is 0 Å². The van der Waals surface area contributed by atoms with Gasteiger partial charge in [-0.3, -0.25) is 0 Å². The third kappa shape index (κ3) is 2.74. The molecule has 5 heteroatoms. The second-order valence-corrected chi connectivity index (χ2v) is 6.25. The molecule has 5 nitrogen and oxygen atoms in total. The molecule has 0 spiro atoms. The van der Waals surface area contributed by atoms with Crippen LogP contribution in [0.15, 0.2) is 48.9 Å². The summed E-state index contributed by atoms with van der Waals surface area (Å²) in [5.41, 5.74) is 2.23. The van der Waals surface area contributed by atoms with E-state index in [1.807, 2.05) is 12.3 Å². The van der Waals surface area contributed by atoms with E-state index in [4.69, 9.17) is 0 Å². The van der Waals surface area contributed by atoms with Crippen LogP contribution in [-0.2, 0) is 0 Å². The number of anilines is 2. The number of H-pyrrole nitrogens is 1. The molecule has 23 heavy (non-hydrogen) atoms. The van der Waals surface area contributed by atoms with E-state index in [1.165, 1.54) is 12.1 Å². The number of nitrogens with zero attached hydrogens (tertiary/aromatic N) is 4. The third-order valence-corrected chi connectivity index (χ3v) is 4.63. The Hall–Kier alpha value is -2.56. The molecule has 3 heterocycles. The zero-order valence-corrected chi connectivity index (χ0v) is 13.3. The summed E-state index contributed by atoms with van der Waals surface area (Å²) < 4.78 is 0. The molecule has 0 unspecified atom stereocenters. The van der Waals surface area contributed by atoms with Crippen LogP contribution in [0.4, 0.5) is 11.5 Å². The van der Waals surface area contributed by atoms with Crippen molar-refractivity contribution in [3.05, 3.63) is 48.9 Å². The monoisotopic (exact) mass is 307 g/mol. The van der Waals surface area contributed by atoms with Crippen molar-refractivity contribution in [1.82, 2.24) is 15.0 Å². The maximum absolute atomic E-state index is 4.48. The van der Waals surface area contributed by atoms with E-state index in [0.29, 0.717) is 5.92 Å². The first kappa shape index (κ1) is 14.1. The molecule has 0 aliphatic carbocycles. The fourth-order valence-corrected chi connectivity index (χ4v) is 3.49. The quantitative estimate of drug-likeness (QED) is 0.805. The van der Waals surface area contributed by atoms with Crippen molar-refractivity contribution in [2.24, 2.45) is 5.92 Å². The smallest absolute Gasteiger partial charge is 0.142 e. The van der Waals surface area contributed by atoms with Crippen molar-refractivity contribution < 1.29 is 0 Å². The zero-order valence-electron chi connectivity index (χ0n) is 13.3. The zero-order chi connectivity index (χ0) is 15.6. The highest BCUT2D eigenvalue weighted by molar-refractivity contribution is 5.87. The van der Waals surface area contributed by atoms with Crippen LogP contribution >= 0.6 is 0 Å². The molecule has 1 aliphatic rings. The first-order valence-corrected chi connectivity index (χ1v) is 8.10. The van der Waals surface area contributed by atoms with E-state index in [2.05, 4.69) is 62.1 Å². The molecule has 1 N–H and O–H groups in total. The molecule has 2 aromatic heterocycles. The average Bonchev–Trinajstić information content (AvgIpc) is 3.24. The summed E-state index contributed by atoms with van der Waals surface area (Å²) in [6, 6.07) is 12.7. The van der Waals surface area contributed by atoms with Gasteiger partial charge in [0.15, 0.2) is 0 Å². The molecule has 1 atom stereocenters. The number of hydrogen-bond donors (Lipinski definition) is 1. The third-order valence-electron chi connectivity index (χ3n) is 4.63. The van der Waals surface area contributed by atoms with Crippen molar-refractivity contribution in [2.45, 2.75) is 6.42 Å². The minimum Gasteiger partial charge on any atom is -0.371 e. The Labute approximate surface area is 136 Å². The van der Waals surface area contributed by atoms with Gasteiger partial charge < -0.3 is 14.8 Å². The fraction of sp³-hybridized carbons (Fsp3) is 0.333. The first-order chi connectivity index (χ1) is 11.3. The molecular formula is C18H21N5. The summed E-state index contributed by atoms with van der Waals surface area (Å²) in [7, 11) is 2.12. The van der Waals surface area contributed by atoms with Crippen LogP contribution in [-0.4, -0.2) is 41.6 Å². The molecule has 0 saturated carbocycles. The Bertz CT molecular complexity index is 782. The molecule has 1 aliphatic heterocycles. The number of nitrogens with one attached hydrogen (secondary N) is 1. The molecule has 0 bridgehead atoms. The van der Waals surface area contributed by atoms with E-state index in [1.54, 1.807) is 6.33 Å². The van der Waals surface area contributed by atoms with Crippen LogP contribution < -0.4 is 9.80 Å². The van der Waals surface area contributed by atoms with Crippen molar-refractivity contribution in [3.8, 4) is 0 Å². The summed E-state index contributed by atoms with van der Waals surface area (Å²) in [5.74, 6) is 1.67. The molecule has 118 valence electrons. The highest BCUT2D eigenvalue weighted by atomic mass is 15.2. The lowest BCUT2D eigenvalue weighted by Gasteiger charge is -2.23. The molecule has 0 amide bonds. The standard InChI is InChI=1S/C18H21N5/c1-22(18-16-7-9-19-17(16)20-13-21-18)11-14-8-10-23(12-14)15-5-3-2-4-6-15/h2-7,9,13-14H,8,10-12H2,1H3,(H,19,20,21)/t14-/m1/s1. The van der Waals surface area contributed by atoms with Crippen molar-refractivity contribution in [3.63, 3.8) is 0 Å². The normalized spacial score (nSPS) is 17.8. The largest absolute Gasteiger partial charge is 0.371 e. The molecule has 0 radical (unpaired) electrons. The molecule has 3 aromatic rings. The lowest BCUT2D eigenvalue weighted by Crippen LogP contribution is -2.28. The highest BCUT2D eigenvalue weighted by Crippen LogP contribution is 2.26. The number of aromatic amines is 1. The first-order valence-electron chi connectivity index (χ1n) is 8.10. The van der Waals surface area contributed by atoms with Gasteiger partial charge in [-0.25, -0.2) is 9.97 Å². The van der Waals surface area contributed by atoms with E-state index < -0.39 is 0 Å². The van der Waals surface area contributed by atoms with Gasteiger partial charge in [-0.05, 0) is 30.5 Å². The van der Waals surface area contributed by atoms with Gasteiger partial charge in [-0.15, -0.1) is 0 Å². The number of rotatable bonds is 4. The Balaban J connectivity index is 1.46. The summed E-state index contributed by atoms with van der Waals surface area (Å²) in [6.07, 6.45) is 4.78. The minimum absolute atomic E-state index is 0.657. The fourth-order valence-electron chi connectivity index (χ4n) is 3.49. The number of hydrogen-bond acceptors (Lipinski definition) is 4. The van der Waals surface area contributed by atoms with Crippen molar-refractivity contribution in [1.29, 1.82) is 0 Å². The predicted octanol–water partition coefficient (Wildman–Crippen LogP) is 2.92. The Morgan fingerprint density at radius 3 is 2.96 bits per heavy atom. The Kier molecular flexibility index (Phi) is 3.61. The lowest BCUT2D eigenvalue weighted by atomic mass is 10.1. The van der Waals surface area contributed by atoms with Gasteiger partial charge in [-0.1, -0.05) is 18.2 Å². The van der Waals surface area contributed by atoms with Gasteiger partial charge >= 0.3 is 0 Å². The minimum atomic E-state index is 0.657. The van der Waals surface area contributed by atoms with E-state index in [9.17, 15) is 0 Å². The van der Waals surface area contributed by atoms with Crippen LogP contribution in [0.25, 0.3) is 11.0 Å². The van der Waals surface area contributed by atoms with Crippen LogP contribution in [0.1, 0.15) is 6.42 Å². The van der Waals surface area contributed by atoms with Gasteiger partial charge in [-0.2, -0.15) is 0 Å². The Morgan fingerprint density at radius 1 is 1.22 bits per heavy atom. The highest BCUT2D eigenvalue weighted by Gasteiger charge is 2.24. The Morgan fingerprint density at radius 2 is 2.09 bits per heavy atom. The number of benzene rings is 1. The molecular weight excluding hydrogens is 286 g/mol. The summed E-state index contributed by atoms with van der Waals surface area (Å²) in [6.45, 7) is 3.25. The maximum atomic E-state index is 4.48. The van der Waals surface area contributed by atoms with Crippen LogP contribution in [0.3, 0.4) is 0 Å². The van der Waals surface area contributed by atoms with Crippen molar-refractivity contribution in [2.75, 3.05) is 36.5 Å². The van der Waals surface area contributed by atoms with Crippen molar-refractivity contribution >= 4 is 22.5 Å².